The van der Waals surface area contributed by atoms with Crippen LogP contribution in [-0.4, -0.2) is 16.9 Å². The van der Waals surface area contributed by atoms with E-state index in [1.165, 1.54) is 0 Å². The maximum Gasteiger partial charge on any atom is 0.146 e. The van der Waals surface area contributed by atoms with Crippen molar-refractivity contribution in [2.75, 3.05) is 7.11 Å². The van der Waals surface area contributed by atoms with Crippen molar-refractivity contribution < 1.29 is 4.74 Å². The van der Waals surface area contributed by atoms with Crippen molar-refractivity contribution in [1.29, 1.82) is 0 Å². The molecule has 0 bridgehead atoms. The van der Waals surface area contributed by atoms with E-state index in [1.54, 1.807) is 11.8 Å². The molecule has 0 fully saturated rings. The fourth-order valence-electron chi connectivity index (χ4n) is 1.72. The number of rotatable bonds is 3. The number of aryl methyl sites for hydroxylation is 2. The van der Waals surface area contributed by atoms with Gasteiger partial charge in [-0.15, -0.1) is 10.2 Å². The minimum Gasteiger partial charge on any atom is -0.494 e. The number of azo groups is 1. The molecule has 2 rings (SSSR count). The van der Waals surface area contributed by atoms with Gasteiger partial charge in [-0.05, 0) is 26.0 Å². The van der Waals surface area contributed by atoms with Crippen LogP contribution in [0.5, 0.6) is 5.75 Å². The van der Waals surface area contributed by atoms with E-state index < -0.39 is 0 Å². The largest absolute Gasteiger partial charge is 0.494 e. The second-order valence-electron chi connectivity index (χ2n) is 4.01. The summed E-state index contributed by atoms with van der Waals surface area (Å²) in [4.78, 5) is 0. The van der Waals surface area contributed by atoms with Crippen molar-refractivity contribution in [3.8, 4) is 5.75 Å². The first kappa shape index (κ1) is 12.3. The highest BCUT2D eigenvalue weighted by atomic mass is 16.5. The van der Waals surface area contributed by atoms with Gasteiger partial charge in [0.15, 0.2) is 0 Å². The fourth-order valence-corrected chi connectivity index (χ4v) is 1.72. The quantitative estimate of drug-likeness (QED) is 0.776. The topological polar surface area (TPSA) is 51.8 Å². The Morgan fingerprint density at radius 3 is 2.50 bits per heavy atom. The summed E-state index contributed by atoms with van der Waals surface area (Å²) in [6.07, 6.45) is 0. The van der Waals surface area contributed by atoms with Crippen molar-refractivity contribution in [3.63, 3.8) is 0 Å². The van der Waals surface area contributed by atoms with Crippen molar-refractivity contribution in [2.45, 2.75) is 13.8 Å². The highest BCUT2D eigenvalue weighted by Gasteiger charge is 2.08. The minimum atomic E-state index is 0.709. The molecule has 0 saturated heterocycles. The van der Waals surface area contributed by atoms with Crippen molar-refractivity contribution in [1.82, 2.24) is 9.78 Å². The molecule has 0 N–H and O–H groups in total. The lowest BCUT2D eigenvalue weighted by atomic mass is 10.3. The third-order valence-corrected chi connectivity index (χ3v) is 2.81. The number of aromatic nitrogens is 2. The number of hydrogen-bond acceptors (Lipinski definition) is 4. The Kier molecular flexibility index (Phi) is 3.41. The molecule has 1 aromatic heterocycles. The highest BCUT2D eigenvalue weighted by molar-refractivity contribution is 5.52. The van der Waals surface area contributed by atoms with Gasteiger partial charge in [-0.3, -0.25) is 4.68 Å². The van der Waals surface area contributed by atoms with E-state index in [2.05, 4.69) is 15.3 Å². The van der Waals surface area contributed by atoms with Crippen LogP contribution in [0.25, 0.3) is 0 Å². The number of methoxy groups -OCH3 is 1. The SMILES string of the molecule is COc1ccccc1N=Nc1c(C)nn(C)c1C. The third kappa shape index (κ3) is 2.25. The van der Waals surface area contributed by atoms with Gasteiger partial charge in [0.05, 0.1) is 18.5 Å². The summed E-state index contributed by atoms with van der Waals surface area (Å²) in [6, 6.07) is 7.53. The average Bonchev–Trinajstić information content (AvgIpc) is 2.62. The summed E-state index contributed by atoms with van der Waals surface area (Å²) in [5, 5.41) is 12.8. The molecular formula is C13H16N4O. The number of hydrogen-bond donors (Lipinski definition) is 0. The lowest BCUT2D eigenvalue weighted by molar-refractivity contribution is 0.416. The molecule has 2 aromatic rings. The maximum atomic E-state index is 5.22. The standard InChI is InChI=1S/C13H16N4O/c1-9-13(10(2)17(3)16-9)15-14-11-7-5-6-8-12(11)18-4/h5-8H,1-4H3. The van der Waals surface area contributed by atoms with E-state index in [-0.39, 0.29) is 0 Å². The van der Waals surface area contributed by atoms with E-state index in [0.717, 1.165) is 17.1 Å². The summed E-state index contributed by atoms with van der Waals surface area (Å²) in [5.74, 6) is 0.709. The first-order chi connectivity index (χ1) is 8.63. The third-order valence-electron chi connectivity index (χ3n) is 2.81. The summed E-state index contributed by atoms with van der Waals surface area (Å²) < 4.78 is 7.02. The molecule has 0 spiro atoms. The zero-order valence-corrected chi connectivity index (χ0v) is 11.0. The summed E-state index contributed by atoms with van der Waals surface area (Å²) in [7, 11) is 3.51. The van der Waals surface area contributed by atoms with Crippen LogP contribution in [0.1, 0.15) is 11.4 Å². The first-order valence-corrected chi connectivity index (χ1v) is 5.68. The second kappa shape index (κ2) is 5.00. The number of nitrogens with zero attached hydrogens (tertiary/aromatic N) is 4. The Hall–Kier alpha value is -2.17. The number of ether oxygens (including phenoxy) is 1. The van der Waals surface area contributed by atoms with Gasteiger partial charge in [0.2, 0.25) is 0 Å². The van der Waals surface area contributed by atoms with E-state index in [4.69, 9.17) is 4.74 Å². The minimum absolute atomic E-state index is 0.709. The van der Waals surface area contributed by atoms with Crippen LogP contribution in [0.2, 0.25) is 0 Å². The molecule has 0 saturated carbocycles. The van der Waals surface area contributed by atoms with E-state index in [9.17, 15) is 0 Å². The van der Waals surface area contributed by atoms with Crippen LogP contribution in [0.3, 0.4) is 0 Å². The smallest absolute Gasteiger partial charge is 0.146 e. The number of benzene rings is 1. The zero-order chi connectivity index (χ0) is 13.1. The van der Waals surface area contributed by atoms with E-state index >= 15 is 0 Å². The van der Waals surface area contributed by atoms with Crippen molar-refractivity contribution >= 4 is 11.4 Å². The molecule has 0 amide bonds. The molecule has 94 valence electrons. The van der Waals surface area contributed by atoms with Crippen LogP contribution in [0.15, 0.2) is 34.5 Å². The Balaban J connectivity index is 2.36. The number of para-hydroxylation sites is 1. The predicted octanol–water partition coefficient (Wildman–Crippen LogP) is 3.46. The molecule has 0 aliphatic carbocycles. The van der Waals surface area contributed by atoms with Gasteiger partial charge < -0.3 is 4.74 Å². The second-order valence-corrected chi connectivity index (χ2v) is 4.01. The molecule has 1 aromatic carbocycles. The highest BCUT2D eigenvalue weighted by Crippen LogP contribution is 2.30. The molecule has 0 unspecified atom stereocenters. The van der Waals surface area contributed by atoms with Crippen LogP contribution in [0.4, 0.5) is 11.4 Å². The van der Waals surface area contributed by atoms with Crippen LogP contribution >= 0.6 is 0 Å². The van der Waals surface area contributed by atoms with Crippen molar-refractivity contribution in [3.05, 3.63) is 35.7 Å². The Labute approximate surface area is 106 Å². The van der Waals surface area contributed by atoms with E-state index in [0.29, 0.717) is 11.4 Å². The molecule has 18 heavy (non-hydrogen) atoms. The van der Waals surface area contributed by atoms with Crippen molar-refractivity contribution in [2.24, 2.45) is 17.3 Å². The van der Waals surface area contributed by atoms with Gasteiger partial charge >= 0.3 is 0 Å². The van der Waals surface area contributed by atoms with Crippen LogP contribution in [0, 0.1) is 13.8 Å². The summed E-state index contributed by atoms with van der Waals surface area (Å²) in [6.45, 7) is 3.89. The van der Waals surface area contributed by atoms with E-state index in [1.807, 2.05) is 45.2 Å². The molecular weight excluding hydrogens is 228 g/mol. The van der Waals surface area contributed by atoms with Gasteiger partial charge in [-0.2, -0.15) is 5.10 Å². The van der Waals surface area contributed by atoms with Crippen LogP contribution in [-0.2, 0) is 7.05 Å². The normalized spacial score (nSPS) is 11.1. The summed E-state index contributed by atoms with van der Waals surface area (Å²) >= 11 is 0. The van der Waals surface area contributed by atoms with Gasteiger partial charge in [-0.1, -0.05) is 12.1 Å². The first-order valence-electron chi connectivity index (χ1n) is 5.68. The van der Waals surface area contributed by atoms with Crippen LogP contribution < -0.4 is 4.74 Å². The monoisotopic (exact) mass is 244 g/mol. The molecule has 0 radical (unpaired) electrons. The predicted molar refractivity (Wildman–Crippen MR) is 69.9 cm³/mol. The molecule has 1 heterocycles. The lowest BCUT2D eigenvalue weighted by Gasteiger charge is -2.01. The fraction of sp³-hybridized carbons (Fsp3) is 0.308. The van der Waals surface area contributed by atoms with Gasteiger partial charge in [0, 0.05) is 7.05 Å². The Morgan fingerprint density at radius 2 is 1.89 bits per heavy atom. The maximum absolute atomic E-state index is 5.22. The van der Waals surface area contributed by atoms with Gasteiger partial charge in [0.25, 0.3) is 0 Å². The summed E-state index contributed by atoms with van der Waals surface area (Å²) in [5.41, 5.74) is 3.38. The van der Waals surface area contributed by atoms with Gasteiger partial charge in [-0.25, -0.2) is 0 Å². The molecule has 0 aliphatic rings. The molecule has 0 aliphatic heterocycles. The Morgan fingerprint density at radius 1 is 1.17 bits per heavy atom. The average molecular weight is 244 g/mol. The molecule has 5 heteroatoms. The molecule has 0 atom stereocenters. The zero-order valence-electron chi connectivity index (χ0n) is 11.0. The lowest BCUT2D eigenvalue weighted by Crippen LogP contribution is -1.91. The molecule has 5 nitrogen and oxygen atoms in total. The van der Waals surface area contributed by atoms with Gasteiger partial charge in [0.1, 0.15) is 17.1 Å². The Bertz CT molecular complexity index is 587.